The Morgan fingerprint density at radius 1 is 1.18 bits per heavy atom. The van der Waals surface area contributed by atoms with Crippen LogP contribution in [0.15, 0.2) is 53.4 Å². The number of carbonyl (C=O) groups is 2. The molecule has 1 N–H and O–H groups in total. The van der Waals surface area contributed by atoms with Gasteiger partial charge in [-0.15, -0.1) is 11.8 Å². The summed E-state index contributed by atoms with van der Waals surface area (Å²) in [6.45, 7) is -0.366. The Morgan fingerprint density at radius 2 is 1.93 bits per heavy atom. The number of ether oxygens (including phenoxy) is 1. The SMILES string of the molecule is O=C(COC(=O)CSc1ccccc1[N+](=O)[O-])N[C@@H]1CCCc2ccccc21. The smallest absolute Gasteiger partial charge is 0.316 e. The highest BCUT2D eigenvalue weighted by molar-refractivity contribution is 8.00. The number of amides is 1. The van der Waals surface area contributed by atoms with E-state index in [1.165, 1.54) is 11.6 Å². The summed E-state index contributed by atoms with van der Waals surface area (Å²) in [7, 11) is 0. The van der Waals surface area contributed by atoms with Crippen LogP contribution in [0, 0.1) is 10.1 Å². The van der Waals surface area contributed by atoms with Crippen molar-refractivity contribution >= 4 is 29.3 Å². The summed E-state index contributed by atoms with van der Waals surface area (Å²) in [5.41, 5.74) is 2.28. The van der Waals surface area contributed by atoms with Gasteiger partial charge in [0.1, 0.15) is 0 Å². The molecular weight excluding hydrogens is 380 g/mol. The molecule has 0 heterocycles. The first-order valence-corrected chi connectivity index (χ1v) is 9.92. The molecule has 0 aromatic heterocycles. The predicted molar refractivity (Wildman–Crippen MR) is 105 cm³/mol. The number of hydrogen-bond donors (Lipinski definition) is 1. The largest absolute Gasteiger partial charge is 0.455 e. The standard InChI is InChI=1S/C20H20N2O5S/c23-19(21-16-9-5-7-14-6-1-2-8-15(14)16)12-27-20(24)13-28-18-11-4-3-10-17(18)22(25)26/h1-4,6,8,10-11,16H,5,7,9,12-13H2,(H,21,23)/t16-/m1/s1. The first-order valence-electron chi connectivity index (χ1n) is 8.93. The van der Waals surface area contributed by atoms with Gasteiger partial charge in [-0.3, -0.25) is 19.7 Å². The summed E-state index contributed by atoms with van der Waals surface area (Å²) < 4.78 is 5.01. The Labute approximate surface area is 166 Å². The summed E-state index contributed by atoms with van der Waals surface area (Å²) in [5, 5.41) is 13.9. The molecule has 0 saturated heterocycles. The van der Waals surface area contributed by atoms with Crippen molar-refractivity contribution < 1.29 is 19.2 Å². The molecule has 1 atom stereocenters. The van der Waals surface area contributed by atoms with E-state index in [0.717, 1.165) is 36.6 Å². The summed E-state index contributed by atoms with van der Waals surface area (Å²) in [4.78, 5) is 34.9. The predicted octanol–water partition coefficient (Wildman–Crippen LogP) is 3.42. The number of nitrogens with one attached hydrogen (secondary N) is 1. The number of aryl methyl sites for hydroxylation is 1. The average Bonchev–Trinajstić information content (AvgIpc) is 2.71. The zero-order valence-electron chi connectivity index (χ0n) is 15.1. The number of rotatable bonds is 7. The van der Waals surface area contributed by atoms with Gasteiger partial charge in [0.15, 0.2) is 6.61 Å². The number of nitro benzene ring substituents is 1. The lowest BCUT2D eigenvalue weighted by Gasteiger charge is -2.26. The van der Waals surface area contributed by atoms with Crippen LogP contribution in [0.2, 0.25) is 0 Å². The Morgan fingerprint density at radius 3 is 2.75 bits per heavy atom. The van der Waals surface area contributed by atoms with Gasteiger partial charge in [0.2, 0.25) is 0 Å². The lowest BCUT2D eigenvalue weighted by molar-refractivity contribution is -0.387. The van der Waals surface area contributed by atoms with Crippen molar-refractivity contribution in [2.45, 2.75) is 30.2 Å². The normalized spacial score (nSPS) is 15.4. The van der Waals surface area contributed by atoms with E-state index >= 15 is 0 Å². The zero-order chi connectivity index (χ0) is 19.9. The van der Waals surface area contributed by atoms with Crippen molar-refractivity contribution in [3.05, 3.63) is 69.8 Å². The Hall–Kier alpha value is -2.87. The van der Waals surface area contributed by atoms with Crippen LogP contribution in [-0.4, -0.2) is 29.2 Å². The van der Waals surface area contributed by atoms with Crippen LogP contribution in [0.3, 0.4) is 0 Å². The fourth-order valence-corrected chi connectivity index (χ4v) is 4.02. The molecule has 0 aliphatic heterocycles. The van der Waals surface area contributed by atoms with E-state index in [2.05, 4.69) is 11.4 Å². The minimum Gasteiger partial charge on any atom is -0.455 e. The van der Waals surface area contributed by atoms with Gasteiger partial charge in [-0.2, -0.15) is 0 Å². The van der Waals surface area contributed by atoms with Gasteiger partial charge in [-0.05, 0) is 36.5 Å². The van der Waals surface area contributed by atoms with Crippen molar-refractivity contribution in [2.75, 3.05) is 12.4 Å². The van der Waals surface area contributed by atoms with Gasteiger partial charge in [-0.25, -0.2) is 0 Å². The van der Waals surface area contributed by atoms with Crippen LogP contribution in [0.5, 0.6) is 0 Å². The van der Waals surface area contributed by atoms with Crippen molar-refractivity contribution in [1.82, 2.24) is 5.32 Å². The highest BCUT2D eigenvalue weighted by Gasteiger charge is 2.22. The molecule has 0 bridgehead atoms. The quantitative estimate of drug-likeness (QED) is 0.331. The van der Waals surface area contributed by atoms with Crippen molar-refractivity contribution in [3.63, 3.8) is 0 Å². The maximum Gasteiger partial charge on any atom is 0.316 e. The third-order valence-corrected chi connectivity index (χ3v) is 5.51. The van der Waals surface area contributed by atoms with Gasteiger partial charge in [0.25, 0.3) is 11.6 Å². The molecule has 1 aliphatic carbocycles. The van der Waals surface area contributed by atoms with E-state index < -0.39 is 10.9 Å². The summed E-state index contributed by atoms with van der Waals surface area (Å²) in [6, 6.07) is 14.1. The van der Waals surface area contributed by atoms with Crippen LogP contribution >= 0.6 is 11.8 Å². The van der Waals surface area contributed by atoms with E-state index in [1.54, 1.807) is 18.2 Å². The average molecular weight is 400 g/mol. The van der Waals surface area contributed by atoms with Gasteiger partial charge in [-0.1, -0.05) is 36.4 Å². The number of nitro groups is 1. The highest BCUT2D eigenvalue weighted by Crippen LogP contribution is 2.30. The molecule has 0 radical (unpaired) electrons. The van der Waals surface area contributed by atoms with Crippen molar-refractivity contribution in [2.24, 2.45) is 0 Å². The first-order chi connectivity index (χ1) is 13.5. The van der Waals surface area contributed by atoms with E-state index in [-0.39, 0.29) is 30.0 Å². The monoisotopic (exact) mass is 400 g/mol. The number of esters is 1. The molecule has 0 unspecified atom stereocenters. The molecule has 2 aromatic carbocycles. The summed E-state index contributed by atoms with van der Waals surface area (Å²) in [5.74, 6) is -1.06. The second kappa shape index (κ2) is 9.36. The molecule has 7 nitrogen and oxygen atoms in total. The Bertz CT molecular complexity index is 886. The van der Waals surface area contributed by atoms with Crippen LogP contribution in [-0.2, 0) is 20.7 Å². The number of benzene rings is 2. The second-order valence-electron chi connectivity index (χ2n) is 6.39. The van der Waals surface area contributed by atoms with E-state index in [1.807, 2.05) is 18.2 Å². The number of carbonyl (C=O) groups excluding carboxylic acids is 2. The molecule has 146 valence electrons. The number of thioether (sulfide) groups is 1. The van der Waals surface area contributed by atoms with Gasteiger partial charge in [0, 0.05) is 6.07 Å². The van der Waals surface area contributed by atoms with Crippen LogP contribution in [0.1, 0.15) is 30.0 Å². The van der Waals surface area contributed by atoms with Gasteiger partial charge in [0.05, 0.1) is 21.6 Å². The molecule has 0 fully saturated rings. The van der Waals surface area contributed by atoms with E-state index in [0.29, 0.717) is 4.90 Å². The summed E-state index contributed by atoms with van der Waals surface area (Å²) >= 11 is 1.01. The lowest BCUT2D eigenvalue weighted by Crippen LogP contribution is -2.34. The molecular formula is C20H20N2O5S. The van der Waals surface area contributed by atoms with Crippen LogP contribution in [0.25, 0.3) is 0 Å². The van der Waals surface area contributed by atoms with Crippen molar-refractivity contribution in [1.29, 1.82) is 0 Å². The minimum atomic E-state index is -0.595. The molecule has 28 heavy (non-hydrogen) atoms. The molecule has 1 amide bonds. The summed E-state index contributed by atoms with van der Waals surface area (Å²) in [6.07, 6.45) is 2.85. The fourth-order valence-electron chi connectivity index (χ4n) is 3.19. The molecule has 0 spiro atoms. The van der Waals surface area contributed by atoms with Crippen molar-refractivity contribution in [3.8, 4) is 0 Å². The van der Waals surface area contributed by atoms with Gasteiger partial charge >= 0.3 is 5.97 Å². The number of nitrogens with zero attached hydrogens (tertiary/aromatic N) is 1. The molecule has 8 heteroatoms. The molecule has 3 rings (SSSR count). The topological polar surface area (TPSA) is 98.5 Å². The third kappa shape index (κ3) is 5.10. The fraction of sp³-hybridized carbons (Fsp3) is 0.300. The van der Waals surface area contributed by atoms with Crippen LogP contribution < -0.4 is 5.32 Å². The number of para-hydroxylation sites is 1. The van der Waals surface area contributed by atoms with Crippen LogP contribution in [0.4, 0.5) is 5.69 Å². The first kappa shape index (κ1) is 19.9. The Balaban J connectivity index is 1.47. The highest BCUT2D eigenvalue weighted by atomic mass is 32.2. The molecule has 1 aliphatic rings. The Kier molecular flexibility index (Phi) is 6.65. The number of fused-ring (bicyclic) bond motifs is 1. The third-order valence-electron chi connectivity index (χ3n) is 4.48. The minimum absolute atomic E-state index is 0.0611. The van der Waals surface area contributed by atoms with E-state index in [9.17, 15) is 19.7 Å². The maximum atomic E-state index is 12.2. The van der Waals surface area contributed by atoms with Gasteiger partial charge < -0.3 is 10.1 Å². The molecule has 0 saturated carbocycles. The lowest BCUT2D eigenvalue weighted by atomic mass is 9.88. The zero-order valence-corrected chi connectivity index (χ0v) is 15.9. The molecule has 2 aromatic rings. The number of hydrogen-bond acceptors (Lipinski definition) is 6. The second-order valence-corrected chi connectivity index (χ2v) is 7.40. The van der Waals surface area contributed by atoms with E-state index in [4.69, 9.17) is 4.74 Å². The maximum absolute atomic E-state index is 12.2.